The summed E-state index contributed by atoms with van der Waals surface area (Å²) in [6.45, 7) is 5.01. The van der Waals surface area contributed by atoms with E-state index in [1.165, 1.54) is 109 Å². The molecule has 6 atom stereocenters. The second-order valence-electron chi connectivity index (χ2n) is 12.9. The Kier molecular flexibility index (Phi) is 9.05. The molecule has 0 aromatic rings. The van der Waals surface area contributed by atoms with Crippen molar-refractivity contribution >= 4 is 0 Å². The Balaban J connectivity index is 1.50. The van der Waals surface area contributed by atoms with Crippen molar-refractivity contribution in [3.63, 3.8) is 0 Å². The Morgan fingerprint density at radius 1 is 0.625 bits per heavy atom. The third-order valence-corrected chi connectivity index (χ3v) is 11.2. The predicted octanol–water partition coefficient (Wildman–Crippen LogP) is 7.90. The van der Waals surface area contributed by atoms with Crippen LogP contribution in [0.4, 0.5) is 0 Å². The van der Waals surface area contributed by atoms with Crippen LogP contribution in [0, 0.1) is 40.9 Å². The first-order valence-corrected chi connectivity index (χ1v) is 14.9. The van der Waals surface area contributed by atoms with Crippen LogP contribution >= 0.6 is 0 Å². The Morgan fingerprint density at radius 3 is 1.47 bits per heavy atom. The topological polar surface area (TPSA) is 40.5 Å². The van der Waals surface area contributed by atoms with E-state index in [2.05, 4.69) is 13.8 Å². The van der Waals surface area contributed by atoms with E-state index in [0.717, 1.165) is 36.5 Å². The van der Waals surface area contributed by atoms with Gasteiger partial charge in [-0.05, 0) is 85.9 Å². The molecule has 0 saturated heterocycles. The summed E-state index contributed by atoms with van der Waals surface area (Å²) in [7, 11) is 0. The smallest absolute Gasteiger partial charge is 0.0571 e. The van der Waals surface area contributed by atoms with Gasteiger partial charge in [-0.25, -0.2) is 0 Å². The van der Waals surface area contributed by atoms with Gasteiger partial charge in [-0.3, -0.25) is 0 Å². The summed E-state index contributed by atoms with van der Waals surface area (Å²) in [5, 5.41) is 22.0. The molecule has 4 aliphatic carbocycles. The zero-order valence-corrected chi connectivity index (χ0v) is 21.4. The van der Waals surface area contributed by atoms with Crippen molar-refractivity contribution in [1.29, 1.82) is 0 Å². The first-order valence-electron chi connectivity index (χ1n) is 14.9. The van der Waals surface area contributed by atoms with Crippen molar-refractivity contribution in [2.24, 2.45) is 40.9 Å². The van der Waals surface area contributed by atoms with Crippen molar-refractivity contribution in [3.8, 4) is 0 Å². The van der Waals surface area contributed by atoms with Crippen LogP contribution in [0.1, 0.15) is 136 Å². The summed E-state index contributed by atoms with van der Waals surface area (Å²) in [6.07, 6.45) is 24.8. The lowest BCUT2D eigenvalue weighted by Gasteiger charge is -2.53. The van der Waals surface area contributed by atoms with Crippen molar-refractivity contribution in [2.45, 2.75) is 148 Å². The number of rotatable bonds is 7. The summed E-state index contributed by atoms with van der Waals surface area (Å²) < 4.78 is 0. The Hall–Kier alpha value is -0.0800. The number of aliphatic hydroxyl groups excluding tert-OH is 2. The largest absolute Gasteiger partial charge is 0.393 e. The fourth-order valence-electron chi connectivity index (χ4n) is 9.01. The average Bonchev–Trinajstić information content (AvgIpc) is 2.84. The van der Waals surface area contributed by atoms with Crippen molar-refractivity contribution in [3.05, 3.63) is 0 Å². The second kappa shape index (κ2) is 11.6. The summed E-state index contributed by atoms with van der Waals surface area (Å²) in [4.78, 5) is 0. The molecule has 0 amide bonds. The minimum atomic E-state index is -0.0482. The molecule has 6 unspecified atom stereocenters. The van der Waals surface area contributed by atoms with Crippen LogP contribution in [0.25, 0.3) is 0 Å². The van der Waals surface area contributed by atoms with Gasteiger partial charge in [-0.1, -0.05) is 90.9 Å². The standard InChI is InChI=1S/C30H54O2/c1-3-4-19-30(2,24-15-17-28(31)26(20-24)22-11-7-5-8-12-22)25-16-18-29(32)27(21-25)23-13-9-6-10-14-23/h22-29,31-32H,3-21H2,1-2H3. The van der Waals surface area contributed by atoms with Crippen LogP contribution in [0.2, 0.25) is 0 Å². The first kappa shape index (κ1) is 25.0. The minimum absolute atomic E-state index is 0.0482. The van der Waals surface area contributed by atoms with E-state index < -0.39 is 0 Å². The van der Waals surface area contributed by atoms with Crippen molar-refractivity contribution in [2.75, 3.05) is 0 Å². The lowest BCUT2D eigenvalue weighted by molar-refractivity contribution is -0.0750. The maximum atomic E-state index is 11.0. The van der Waals surface area contributed by atoms with Crippen LogP contribution in [-0.2, 0) is 0 Å². The number of hydrogen-bond acceptors (Lipinski definition) is 2. The molecular weight excluding hydrogens is 392 g/mol. The van der Waals surface area contributed by atoms with E-state index in [4.69, 9.17) is 0 Å². The fourth-order valence-corrected chi connectivity index (χ4v) is 9.01. The van der Waals surface area contributed by atoms with E-state index in [1.54, 1.807) is 0 Å². The molecule has 0 spiro atoms. The monoisotopic (exact) mass is 446 g/mol. The van der Waals surface area contributed by atoms with E-state index in [-0.39, 0.29) is 12.2 Å². The van der Waals surface area contributed by atoms with Gasteiger partial charge in [0, 0.05) is 0 Å². The van der Waals surface area contributed by atoms with Crippen LogP contribution in [-0.4, -0.2) is 22.4 Å². The zero-order valence-electron chi connectivity index (χ0n) is 21.4. The first-order chi connectivity index (χ1) is 15.5. The molecule has 186 valence electrons. The summed E-state index contributed by atoms with van der Waals surface area (Å²) in [5.41, 5.74) is 0.399. The third-order valence-electron chi connectivity index (χ3n) is 11.2. The predicted molar refractivity (Wildman–Crippen MR) is 134 cm³/mol. The molecule has 0 aromatic carbocycles. The molecule has 4 fully saturated rings. The van der Waals surface area contributed by atoms with Gasteiger partial charge >= 0.3 is 0 Å². The highest BCUT2D eigenvalue weighted by Crippen LogP contribution is 2.56. The highest BCUT2D eigenvalue weighted by atomic mass is 16.3. The molecular formula is C30H54O2. The second-order valence-corrected chi connectivity index (χ2v) is 12.9. The summed E-state index contributed by atoms with van der Waals surface area (Å²) in [6, 6.07) is 0. The maximum Gasteiger partial charge on any atom is 0.0571 e. The Bertz CT molecular complexity index is 505. The molecule has 4 aliphatic rings. The maximum absolute atomic E-state index is 11.0. The highest BCUT2D eigenvalue weighted by molar-refractivity contribution is 4.98. The molecule has 4 rings (SSSR count). The van der Waals surface area contributed by atoms with Gasteiger partial charge in [0.2, 0.25) is 0 Å². The quantitative estimate of drug-likeness (QED) is 0.417. The van der Waals surface area contributed by atoms with E-state index >= 15 is 0 Å². The number of aliphatic hydroxyl groups is 2. The SMILES string of the molecule is CCCCC(C)(C1CCC(O)C(C2CCCCC2)C1)C1CCC(O)C(C2CCCCC2)C1. The molecule has 2 nitrogen and oxygen atoms in total. The molecule has 0 bridgehead atoms. The highest BCUT2D eigenvalue weighted by Gasteiger charge is 2.48. The molecule has 2 heteroatoms. The average molecular weight is 447 g/mol. The van der Waals surface area contributed by atoms with Gasteiger partial charge in [0.05, 0.1) is 12.2 Å². The van der Waals surface area contributed by atoms with E-state index in [1.807, 2.05) is 0 Å². The summed E-state index contributed by atoms with van der Waals surface area (Å²) >= 11 is 0. The van der Waals surface area contributed by atoms with E-state index in [9.17, 15) is 10.2 Å². The van der Waals surface area contributed by atoms with Gasteiger partial charge < -0.3 is 10.2 Å². The Morgan fingerprint density at radius 2 is 1.06 bits per heavy atom. The lowest BCUT2D eigenvalue weighted by atomic mass is 9.53. The van der Waals surface area contributed by atoms with Crippen LogP contribution in [0.5, 0.6) is 0 Å². The normalized spacial score (nSPS) is 40.1. The van der Waals surface area contributed by atoms with Crippen LogP contribution in [0.3, 0.4) is 0 Å². The van der Waals surface area contributed by atoms with E-state index in [0.29, 0.717) is 17.3 Å². The van der Waals surface area contributed by atoms with Gasteiger partial charge in [0.15, 0.2) is 0 Å². The fraction of sp³-hybridized carbons (Fsp3) is 1.00. The Labute approximate surface area is 199 Å². The van der Waals surface area contributed by atoms with Gasteiger partial charge in [0.25, 0.3) is 0 Å². The van der Waals surface area contributed by atoms with Gasteiger partial charge in [0.1, 0.15) is 0 Å². The molecule has 4 saturated carbocycles. The van der Waals surface area contributed by atoms with Crippen LogP contribution in [0.15, 0.2) is 0 Å². The third kappa shape index (κ3) is 5.59. The van der Waals surface area contributed by atoms with Crippen LogP contribution < -0.4 is 0 Å². The van der Waals surface area contributed by atoms with Gasteiger partial charge in [-0.2, -0.15) is 0 Å². The zero-order chi connectivity index (χ0) is 22.6. The molecule has 0 aliphatic heterocycles. The van der Waals surface area contributed by atoms with Crippen molar-refractivity contribution < 1.29 is 10.2 Å². The molecule has 2 N–H and O–H groups in total. The molecule has 32 heavy (non-hydrogen) atoms. The number of unbranched alkanes of at least 4 members (excludes halogenated alkanes) is 1. The minimum Gasteiger partial charge on any atom is -0.393 e. The molecule has 0 radical (unpaired) electrons. The summed E-state index contributed by atoms with van der Waals surface area (Å²) in [5.74, 6) is 4.21. The van der Waals surface area contributed by atoms with Crippen molar-refractivity contribution in [1.82, 2.24) is 0 Å². The van der Waals surface area contributed by atoms with Gasteiger partial charge in [-0.15, -0.1) is 0 Å². The molecule has 0 aromatic heterocycles. The number of hydrogen-bond donors (Lipinski definition) is 2. The molecule has 0 heterocycles. The lowest BCUT2D eigenvalue weighted by Crippen LogP contribution is -2.47.